The minimum Gasteiger partial charge on any atom is -0.330 e. The lowest BCUT2D eigenvalue weighted by Gasteiger charge is -2.09. The Morgan fingerprint density at radius 3 is 2.40 bits per heavy atom. The summed E-state index contributed by atoms with van der Waals surface area (Å²) in [5.41, 5.74) is 7.41. The van der Waals surface area contributed by atoms with E-state index in [0.717, 1.165) is 12.0 Å². The fraction of sp³-hybridized carbons (Fsp3) is 0.462. The fourth-order valence-electron chi connectivity index (χ4n) is 1.51. The van der Waals surface area contributed by atoms with Gasteiger partial charge >= 0.3 is 0 Å². The van der Waals surface area contributed by atoms with Gasteiger partial charge in [-0.25, -0.2) is 0 Å². The molecule has 0 aromatic heterocycles. The SMILES string of the molecule is CCC(C)c1ccc(C(=O)CCN)cc1. The minimum atomic E-state index is 0.133. The third-order valence-electron chi connectivity index (χ3n) is 2.79. The number of Topliss-reactive ketones (excluding diaryl/α,β-unsaturated/α-hetero) is 1. The Hall–Kier alpha value is -1.15. The van der Waals surface area contributed by atoms with Gasteiger partial charge in [-0.3, -0.25) is 4.79 Å². The number of carbonyl (C=O) groups excluding carboxylic acids is 1. The number of nitrogens with two attached hydrogens (primary N) is 1. The molecule has 1 aromatic carbocycles. The molecule has 1 rings (SSSR count). The molecule has 0 bridgehead atoms. The summed E-state index contributed by atoms with van der Waals surface area (Å²) in [5, 5.41) is 0. The van der Waals surface area contributed by atoms with Gasteiger partial charge in [-0.05, 0) is 24.4 Å². The zero-order valence-corrected chi connectivity index (χ0v) is 9.49. The Labute approximate surface area is 91.5 Å². The van der Waals surface area contributed by atoms with Gasteiger partial charge < -0.3 is 5.73 Å². The van der Waals surface area contributed by atoms with E-state index in [4.69, 9.17) is 5.73 Å². The van der Waals surface area contributed by atoms with E-state index in [-0.39, 0.29) is 5.78 Å². The van der Waals surface area contributed by atoms with Crippen LogP contribution in [0.4, 0.5) is 0 Å². The highest BCUT2D eigenvalue weighted by Gasteiger charge is 2.06. The van der Waals surface area contributed by atoms with Gasteiger partial charge in [-0.2, -0.15) is 0 Å². The topological polar surface area (TPSA) is 43.1 Å². The molecule has 0 amide bonds. The predicted octanol–water partition coefficient (Wildman–Crippen LogP) is 2.73. The molecule has 0 aliphatic rings. The van der Waals surface area contributed by atoms with Crippen LogP contribution in [0.3, 0.4) is 0 Å². The van der Waals surface area contributed by atoms with Crippen molar-refractivity contribution < 1.29 is 4.79 Å². The Balaban J connectivity index is 2.76. The molecule has 0 spiro atoms. The Bertz CT molecular complexity index is 316. The molecule has 0 aliphatic heterocycles. The second-order valence-corrected chi connectivity index (χ2v) is 3.89. The van der Waals surface area contributed by atoms with Gasteiger partial charge in [0.2, 0.25) is 0 Å². The van der Waals surface area contributed by atoms with E-state index in [0.29, 0.717) is 18.9 Å². The summed E-state index contributed by atoms with van der Waals surface area (Å²) in [6.07, 6.45) is 1.55. The Morgan fingerprint density at radius 1 is 1.33 bits per heavy atom. The third-order valence-corrected chi connectivity index (χ3v) is 2.79. The number of hydrogen-bond donors (Lipinski definition) is 1. The van der Waals surface area contributed by atoms with Crippen molar-refractivity contribution in [3.63, 3.8) is 0 Å². The van der Waals surface area contributed by atoms with Crippen molar-refractivity contribution in [2.75, 3.05) is 6.54 Å². The first-order chi connectivity index (χ1) is 7.19. The summed E-state index contributed by atoms with van der Waals surface area (Å²) in [5.74, 6) is 0.692. The van der Waals surface area contributed by atoms with Crippen molar-refractivity contribution in [3.8, 4) is 0 Å². The maximum absolute atomic E-state index is 11.5. The molecule has 1 unspecified atom stereocenters. The van der Waals surface area contributed by atoms with Gasteiger partial charge in [-0.15, -0.1) is 0 Å². The van der Waals surface area contributed by atoms with E-state index in [9.17, 15) is 4.79 Å². The lowest BCUT2D eigenvalue weighted by atomic mass is 9.96. The van der Waals surface area contributed by atoms with E-state index in [1.54, 1.807) is 0 Å². The number of rotatable bonds is 5. The van der Waals surface area contributed by atoms with Crippen molar-refractivity contribution in [2.24, 2.45) is 5.73 Å². The molecular weight excluding hydrogens is 186 g/mol. The zero-order chi connectivity index (χ0) is 11.3. The smallest absolute Gasteiger partial charge is 0.164 e. The minimum absolute atomic E-state index is 0.133. The average Bonchev–Trinajstić information content (AvgIpc) is 2.28. The van der Waals surface area contributed by atoms with Crippen molar-refractivity contribution >= 4 is 5.78 Å². The molecule has 15 heavy (non-hydrogen) atoms. The average molecular weight is 205 g/mol. The molecular formula is C13H19NO. The molecule has 2 nitrogen and oxygen atoms in total. The lowest BCUT2D eigenvalue weighted by Crippen LogP contribution is -2.08. The van der Waals surface area contributed by atoms with Gasteiger partial charge in [0.1, 0.15) is 0 Å². The maximum Gasteiger partial charge on any atom is 0.164 e. The zero-order valence-electron chi connectivity index (χ0n) is 9.49. The molecule has 0 saturated heterocycles. The summed E-state index contributed by atoms with van der Waals surface area (Å²) in [6, 6.07) is 7.88. The van der Waals surface area contributed by atoms with E-state index in [1.807, 2.05) is 24.3 Å². The largest absolute Gasteiger partial charge is 0.330 e. The number of hydrogen-bond acceptors (Lipinski definition) is 2. The number of benzene rings is 1. The summed E-state index contributed by atoms with van der Waals surface area (Å²) < 4.78 is 0. The van der Waals surface area contributed by atoms with Crippen LogP contribution < -0.4 is 5.73 Å². The van der Waals surface area contributed by atoms with Gasteiger partial charge in [-0.1, -0.05) is 38.1 Å². The van der Waals surface area contributed by atoms with Crippen molar-refractivity contribution in [1.29, 1.82) is 0 Å². The molecule has 1 atom stereocenters. The van der Waals surface area contributed by atoms with Gasteiger partial charge in [0.25, 0.3) is 0 Å². The van der Waals surface area contributed by atoms with Crippen LogP contribution in [0, 0.1) is 0 Å². The van der Waals surface area contributed by atoms with Crippen molar-refractivity contribution in [3.05, 3.63) is 35.4 Å². The summed E-state index contributed by atoms with van der Waals surface area (Å²) in [7, 11) is 0. The third kappa shape index (κ3) is 3.17. The van der Waals surface area contributed by atoms with Crippen LogP contribution in [0.1, 0.15) is 48.5 Å². The van der Waals surface area contributed by atoms with Crippen LogP contribution in [-0.4, -0.2) is 12.3 Å². The first-order valence-corrected chi connectivity index (χ1v) is 5.52. The normalized spacial score (nSPS) is 12.5. The van der Waals surface area contributed by atoms with Crippen LogP contribution in [0.25, 0.3) is 0 Å². The van der Waals surface area contributed by atoms with Crippen molar-refractivity contribution in [2.45, 2.75) is 32.6 Å². The molecule has 2 heteroatoms. The summed E-state index contributed by atoms with van der Waals surface area (Å²) in [6.45, 7) is 4.78. The summed E-state index contributed by atoms with van der Waals surface area (Å²) >= 11 is 0. The Morgan fingerprint density at radius 2 is 1.93 bits per heavy atom. The number of ketones is 1. The van der Waals surface area contributed by atoms with Gasteiger partial charge in [0, 0.05) is 12.0 Å². The molecule has 82 valence electrons. The molecule has 0 saturated carbocycles. The van der Waals surface area contributed by atoms with Crippen molar-refractivity contribution in [1.82, 2.24) is 0 Å². The molecule has 0 radical (unpaired) electrons. The first-order valence-electron chi connectivity index (χ1n) is 5.52. The number of carbonyl (C=O) groups is 1. The van der Waals surface area contributed by atoms with Crippen LogP contribution >= 0.6 is 0 Å². The quantitative estimate of drug-likeness (QED) is 0.751. The highest BCUT2D eigenvalue weighted by molar-refractivity contribution is 5.96. The molecule has 0 fully saturated rings. The monoisotopic (exact) mass is 205 g/mol. The highest BCUT2D eigenvalue weighted by Crippen LogP contribution is 2.19. The molecule has 0 aliphatic carbocycles. The maximum atomic E-state index is 11.5. The Kier molecular flexibility index (Phi) is 4.50. The molecule has 0 heterocycles. The molecule has 2 N–H and O–H groups in total. The standard InChI is InChI=1S/C13H19NO/c1-3-10(2)11-4-6-12(7-5-11)13(15)8-9-14/h4-7,10H,3,8-9,14H2,1-2H3. The van der Waals surface area contributed by atoms with E-state index >= 15 is 0 Å². The summed E-state index contributed by atoms with van der Waals surface area (Å²) in [4.78, 5) is 11.5. The molecule has 1 aromatic rings. The van der Waals surface area contributed by atoms with Crippen LogP contribution in [-0.2, 0) is 0 Å². The second kappa shape index (κ2) is 5.66. The first kappa shape index (κ1) is 11.9. The second-order valence-electron chi connectivity index (χ2n) is 3.89. The van der Waals surface area contributed by atoms with Gasteiger partial charge in [0.15, 0.2) is 5.78 Å². The van der Waals surface area contributed by atoms with E-state index in [2.05, 4.69) is 13.8 Å². The van der Waals surface area contributed by atoms with Gasteiger partial charge in [0.05, 0.1) is 0 Å². The van der Waals surface area contributed by atoms with E-state index in [1.165, 1.54) is 5.56 Å². The fourth-order valence-corrected chi connectivity index (χ4v) is 1.51. The highest BCUT2D eigenvalue weighted by atomic mass is 16.1. The lowest BCUT2D eigenvalue weighted by molar-refractivity contribution is 0.0985. The van der Waals surface area contributed by atoms with E-state index < -0.39 is 0 Å². The van der Waals surface area contributed by atoms with Crippen LogP contribution in [0.5, 0.6) is 0 Å². The predicted molar refractivity (Wildman–Crippen MR) is 63.1 cm³/mol. The van der Waals surface area contributed by atoms with Crippen LogP contribution in [0.15, 0.2) is 24.3 Å². The van der Waals surface area contributed by atoms with Crippen LogP contribution in [0.2, 0.25) is 0 Å².